The Hall–Kier alpha value is -0.570. The van der Waals surface area contributed by atoms with Gasteiger partial charge in [-0.05, 0) is 37.6 Å². The van der Waals surface area contributed by atoms with Gasteiger partial charge in [-0.15, -0.1) is 0 Å². The molecule has 0 radical (unpaired) electrons. The Kier molecular flexibility index (Phi) is 4.66. The van der Waals surface area contributed by atoms with Crippen LogP contribution >= 0.6 is 0 Å². The molecule has 1 aliphatic carbocycles. The first-order valence-corrected chi connectivity index (χ1v) is 7.67. The van der Waals surface area contributed by atoms with Gasteiger partial charge in [0.1, 0.15) is 0 Å². The van der Waals surface area contributed by atoms with Gasteiger partial charge in [-0.1, -0.05) is 33.1 Å². The maximum absolute atomic E-state index is 12.4. The highest BCUT2D eigenvalue weighted by Crippen LogP contribution is 2.37. The van der Waals surface area contributed by atoms with Crippen LogP contribution in [0.25, 0.3) is 0 Å². The van der Waals surface area contributed by atoms with E-state index in [0.717, 1.165) is 32.5 Å². The molecule has 3 nitrogen and oxygen atoms in total. The summed E-state index contributed by atoms with van der Waals surface area (Å²) in [7, 11) is 0. The van der Waals surface area contributed by atoms with E-state index in [-0.39, 0.29) is 6.04 Å². The van der Waals surface area contributed by atoms with Gasteiger partial charge >= 0.3 is 0 Å². The summed E-state index contributed by atoms with van der Waals surface area (Å²) in [5.74, 6) is 0.342. The van der Waals surface area contributed by atoms with Crippen LogP contribution in [0.1, 0.15) is 58.8 Å². The van der Waals surface area contributed by atoms with Crippen LogP contribution in [0.4, 0.5) is 0 Å². The number of piperidine rings is 1. The Balaban J connectivity index is 1.93. The molecule has 1 saturated carbocycles. The molecule has 104 valence electrons. The first-order chi connectivity index (χ1) is 8.64. The van der Waals surface area contributed by atoms with Crippen molar-refractivity contribution in [1.29, 1.82) is 0 Å². The van der Waals surface area contributed by atoms with Crippen molar-refractivity contribution >= 4 is 5.91 Å². The quantitative estimate of drug-likeness (QED) is 0.834. The number of carbonyl (C=O) groups is 1. The van der Waals surface area contributed by atoms with E-state index in [4.69, 9.17) is 0 Å². The van der Waals surface area contributed by atoms with Crippen LogP contribution in [0.5, 0.6) is 0 Å². The molecule has 1 amide bonds. The van der Waals surface area contributed by atoms with E-state index in [1.807, 2.05) is 0 Å². The molecule has 2 aliphatic rings. The molecule has 18 heavy (non-hydrogen) atoms. The standard InChI is InChI=1S/C15H28N2O/c1-3-16-13-8-7-11-17(14(13)18)12-15(2)9-5-4-6-10-15/h13,16H,3-12H2,1-2H3. The number of nitrogens with zero attached hydrogens (tertiary/aromatic N) is 1. The third kappa shape index (κ3) is 3.25. The van der Waals surface area contributed by atoms with E-state index in [0.29, 0.717) is 11.3 Å². The molecule has 1 saturated heterocycles. The second kappa shape index (κ2) is 6.05. The summed E-state index contributed by atoms with van der Waals surface area (Å²) in [6, 6.07) is 0.0796. The maximum atomic E-state index is 12.4. The van der Waals surface area contributed by atoms with E-state index in [9.17, 15) is 4.79 Å². The third-order valence-corrected chi connectivity index (χ3v) is 4.61. The number of likely N-dealkylation sites (N-methyl/N-ethyl adjacent to an activating group) is 1. The van der Waals surface area contributed by atoms with Crippen LogP contribution in [0.2, 0.25) is 0 Å². The molecule has 2 rings (SSSR count). The van der Waals surface area contributed by atoms with Gasteiger partial charge in [0.25, 0.3) is 0 Å². The summed E-state index contributed by atoms with van der Waals surface area (Å²) in [5.41, 5.74) is 0.377. The fourth-order valence-electron chi connectivity index (χ4n) is 3.56. The second-order valence-electron chi connectivity index (χ2n) is 6.38. The molecule has 1 N–H and O–H groups in total. The van der Waals surface area contributed by atoms with Gasteiger partial charge in [-0.25, -0.2) is 0 Å². The molecule has 3 heteroatoms. The number of likely N-dealkylation sites (tertiary alicyclic amines) is 1. The van der Waals surface area contributed by atoms with E-state index in [2.05, 4.69) is 24.1 Å². The molecule has 0 aromatic rings. The smallest absolute Gasteiger partial charge is 0.239 e. The van der Waals surface area contributed by atoms with Gasteiger partial charge < -0.3 is 10.2 Å². The second-order valence-corrected chi connectivity index (χ2v) is 6.38. The lowest BCUT2D eigenvalue weighted by Crippen LogP contribution is -2.53. The molecule has 1 atom stereocenters. The highest BCUT2D eigenvalue weighted by molar-refractivity contribution is 5.82. The summed E-state index contributed by atoms with van der Waals surface area (Å²) in [4.78, 5) is 14.5. The zero-order chi connectivity index (χ0) is 13.0. The lowest BCUT2D eigenvalue weighted by Gasteiger charge is -2.41. The predicted molar refractivity (Wildman–Crippen MR) is 74.5 cm³/mol. The highest BCUT2D eigenvalue weighted by Gasteiger charge is 2.34. The van der Waals surface area contributed by atoms with Crippen LogP contribution in [0.3, 0.4) is 0 Å². The van der Waals surface area contributed by atoms with Crippen molar-refractivity contribution in [3.8, 4) is 0 Å². The van der Waals surface area contributed by atoms with E-state index in [1.54, 1.807) is 0 Å². The van der Waals surface area contributed by atoms with Crippen LogP contribution in [-0.2, 0) is 4.79 Å². The summed E-state index contributed by atoms with van der Waals surface area (Å²) < 4.78 is 0. The lowest BCUT2D eigenvalue weighted by molar-refractivity contribution is -0.138. The molecular weight excluding hydrogens is 224 g/mol. The van der Waals surface area contributed by atoms with Crippen molar-refractivity contribution in [2.24, 2.45) is 5.41 Å². The Labute approximate surface area is 111 Å². The van der Waals surface area contributed by atoms with Crippen molar-refractivity contribution in [3.05, 3.63) is 0 Å². The minimum absolute atomic E-state index is 0.0796. The van der Waals surface area contributed by atoms with Crippen LogP contribution < -0.4 is 5.32 Å². The average Bonchev–Trinajstić information content (AvgIpc) is 2.35. The van der Waals surface area contributed by atoms with Crippen LogP contribution in [-0.4, -0.2) is 36.5 Å². The highest BCUT2D eigenvalue weighted by atomic mass is 16.2. The molecule has 0 aromatic carbocycles. The summed E-state index contributed by atoms with van der Waals surface area (Å²) >= 11 is 0. The Morgan fingerprint density at radius 1 is 1.28 bits per heavy atom. The number of hydrogen-bond acceptors (Lipinski definition) is 2. The van der Waals surface area contributed by atoms with Crippen LogP contribution in [0.15, 0.2) is 0 Å². The van der Waals surface area contributed by atoms with Crippen molar-refractivity contribution < 1.29 is 4.79 Å². The largest absolute Gasteiger partial charge is 0.341 e. The maximum Gasteiger partial charge on any atom is 0.239 e. The number of amides is 1. The Bertz CT molecular complexity index is 282. The Morgan fingerprint density at radius 3 is 2.67 bits per heavy atom. The molecule has 0 aromatic heterocycles. The summed E-state index contributed by atoms with van der Waals surface area (Å²) in [6.45, 7) is 7.29. The number of nitrogens with one attached hydrogen (secondary N) is 1. The molecule has 0 bridgehead atoms. The van der Waals surface area contributed by atoms with Gasteiger partial charge in [0.05, 0.1) is 6.04 Å². The first kappa shape index (κ1) is 13.9. The number of hydrogen-bond donors (Lipinski definition) is 1. The molecule has 1 aliphatic heterocycles. The molecular formula is C15H28N2O. The van der Waals surface area contributed by atoms with Gasteiger partial charge in [-0.2, -0.15) is 0 Å². The lowest BCUT2D eigenvalue weighted by atomic mass is 9.75. The fraction of sp³-hybridized carbons (Fsp3) is 0.933. The minimum atomic E-state index is 0.0796. The predicted octanol–water partition coefficient (Wildman–Crippen LogP) is 2.56. The zero-order valence-corrected chi connectivity index (χ0v) is 12.0. The average molecular weight is 252 g/mol. The van der Waals surface area contributed by atoms with Gasteiger partial charge in [0.15, 0.2) is 0 Å². The fourth-order valence-corrected chi connectivity index (χ4v) is 3.56. The Morgan fingerprint density at radius 2 is 2.00 bits per heavy atom. The SMILES string of the molecule is CCNC1CCCN(CC2(C)CCCCC2)C1=O. The number of carbonyl (C=O) groups excluding carboxylic acids is 1. The van der Waals surface area contributed by atoms with Crippen LogP contribution in [0, 0.1) is 5.41 Å². The van der Waals surface area contributed by atoms with Crippen molar-refractivity contribution in [2.75, 3.05) is 19.6 Å². The molecule has 0 spiro atoms. The third-order valence-electron chi connectivity index (χ3n) is 4.61. The molecule has 2 fully saturated rings. The van der Waals surface area contributed by atoms with Gasteiger partial charge in [0.2, 0.25) is 5.91 Å². The molecule has 1 heterocycles. The molecule has 1 unspecified atom stereocenters. The van der Waals surface area contributed by atoms with Crippen molar-refractivity contribution in [2.45, 2.75) is 64.8 Å². The van der Waals surface area contributed by atoms with Gasteiger partial charge in [-0.3, -0.25) is 4.79 Å². The number of rotatable bonds is 4. The van der Waals surface area contributed by atoms with Crippen molar-refractivity contribution in [3.63, 3.8) is 0 Å². The zero-order valence-electron chi connectivity index (χ0n) is 12.0. The monoisotopic (exact) mass is 252 g/mol. The summed E-state index contributed by atoms with van der Waals surface area (Å²) in [6.07, 6.45) is 8.82. The van der Waals surface area contributed by atoms with E-state index in [1.165, 1.54) is 32.1 Å². The minimum Gasteiger partial charge on any atom is -0.341 e. The van der Waals surface area contributed by atoms with Gasteiger partial charge in [0, 0.05) is 13.1 Å². The summed E-state index contributed by atoms with van der Waals surface area (Å²) in [5, 5.41) is 3.32. The normalized spacial score (nSPS) is 28.4. The van der Waals surface area contributed by atoms with E-state index < -0.39 is 0 Å². The topological polar surface area (TPSA) is 32.3 Å². The first-order valence-electron chi connectivity index (χ1n) is 7.67. The van der Waals surface area contributed by atoms with Crippen molar-refractivity contribution in [1.82, 2.24) is 10.2 Å². The van der Waals surface area contributed by atoms with E-state index >= 15 is 0 Å².